The summed E-state index contributed by atoms with van der Waals surface area (Å²) in [5.41, 5.74) is 1.39. The van der Waals surface area contributed by atoms with E-state index in [4.69, 9.17) is 11.6 Å². The normalized spacial score (nSPS) is 10.9. The standard InChI is InChI=1S/C14H15ClN2O/c1-9(2)7-17-14(18)11-5-10-6-12(15)3-4-13(10)16-8-11/h3-6,8-9H,7H2,1-2H3,(H,17,18). The lowest BCUT2D eigenvalue weighted by molar-refractivity contribution is 0.0949. The molecule has 0 spiro atoms. The minimum atomic E-state index is -0.0990. The van der Waals surface area contributed by atoms with E-state index in [9.17, 15) is 4.79 Å². The number of hydrogen-bond donors (Lipinski definition) is 1. The Morgan fingerprint density at radius 1 is 1.39 bits per heavy atom. The van der Waals surface area contributed by atoms with Gasteiger partial charge in [0, 0.05) is 23.2 Å². The second kappa shape index (κ2) is 5.36. The zero-order chi connectivity index (χ0) is 13.1. The molecule has 0 unspecified atom stereocenters. The maximum absolute atomic E-state index is 11.9. The summed E-state index contributed by atoms with van der Waals surface area (Å²) in [5, 5.41) is 4.38. The zero-order valence-electron chi connectivity index (χ0n) is 10.4. The monoisotopic (exact) mass is 262 g/mol. The molecule has 1 heterocycles. The number of halogens is 1. The minimum absolute atomic E-state index is 0.0990. The quantitative estimate of drug-likeness (QED) is 0.922. The van der Waals surface area contributed by atoms with Gasteiger partial charge in [-0.3, -0.25) is 9.78 Å². The molecule has 94 valence electrons. The van der Waals surface area contributed by atoms with Crippen LogP contribution in [-0.2, 0) is 0 Å². The Bertz CT molecular complexity index is 581. The molecule has 2 aromatic rings. The van der Waals surface area contributed by atoms with Gasteiger partial charge >= 0.3 is 0 Å². The number of carbonyl (C=O) groups is 1. The van der Waals surface area contributed by atoms with Crippen LogP contribution >= 0.6 is 11.6 Å². The van der Waals surface area contributed by atoms with E-state index in [-0.39, 0.29) is 5.91 Å². The van der Waals surface area contributed by atoms with E-state index in [1.165, 1.54) is 0 Å². The Labute approximate surface area is 111 Å². The lowest BCUT2D eigenvalue weighted by Crippen LogP contribution is -2.27. The smallest absolute Gasteiger partial charge is 0.252 e. The number of nitrogens with one attached hydrogen (secondary N) is 1. The van der Waals surface area contributed by atoms with Gasteiger partial charge in [-0.1, -0.05) is 25.4 Å². The van der Waals surface area contributed by atoms with Gasteiger partial charge in [0.2, 0.25) is 0 Å². The van der Waals surface area contributed by atoms with Gasteiger partial charge < -0.3 is 5.32 Å². The number of aromatic nitrogens is 1. The molecule has 0 saturated heterocycles. The lowest BCUT2D eigenvalue weighted by atomic mass is 10.1. The second-order valence-corrected chi connectivity index (χ2v) is 5.10. The zero-order valence-corrected chi connectivity index (χ0v) is 11.2. The number of fused-ring (bicyclic) bond motifs is 1. The molecular weight excluding hydrogens is 248 g/mol. The lowest BCUT2D eigenvalue weighted by Gasteiger charge is -2.08. The van der Waals surface area contributed by atoms with E-state index in [0.29, 0.717) is 23.0 Å². The summed E-state index contributed by atoms with van der Waals surface area (Å²) in [6, 6.07) is 7.25. The third-order valence-electron chi connectivity index (χ3n) is 2.58. The Morgan fingerprint density at radius 3 is 2.89 bits per heavy atom. The molecule has 1 aromatic heterocycles. The van der Waals surface area contributed by atoms with Crippen molar-refractivity contribution in [2.75, 3.05) is 6.54 Å². The highest BCUT2D eigenvalue weighted by Crippen LogP contribution is 2.18. The molecule has 4 heteroatoms. The maximum atomic E-state index is 11.9. The summed E-state index contributed by atoms with van der Waals surface area (Å²) in [6.45, 7) is 4.77. The largest absolute Gasteiger partial charge is 0.352 e. The van der Waals surface area contributed by atoms with E-state index in [1.54, 1.807) is 12.3 Å². The van der Waals surface area contributed by atoms with Gasteiger partial charge in [-0.05, 0) is 30.2 Å². The molecule has 0 aliphatic carbocycles. The van der Waals surface area contributed by atoms with Crippen LogP contribution in [0.15, 0.2) is 30.5 Å². The fourth-order valence-electron chi connectivity index (χ4n) is 1.63. The number of amides is 1. The van der Waals surface area contributed by atoms with Gasteiger partial charge in [0.05, 0.1) is 11.1 Å². The van der Waals surface area contributed by atoms with Crippen LogP contribution in [0, 0.1) is 5.92 Å². The summed E-state index contributed by atoms with van der Waals surface area (Å²) in [5.74, 6) is 0.329. The molecule has 18 heavy (non-hydrogen) atoms. The van der Waals surface area contributed by atoms with E-state index in [2.05, 4.69) is 24.1 Å². The fourth-order valence-corrected chi connectivity index (χ4v) is 1.81. The Morgan fingerprint density at radius 2 is 2.17 bits per heavy atom. The van der Waals surface area contributed by atoms with Crippen molar-refractivity contribution in [3.63, 3.8) is 0 Å². The van der Waals surface area contributed by atoms with Gasteiger partial charge in [0.15, 0.2) is 0 Å². The third-order valence-corrected chi connectivity index (χ3v) is 2.81. The molecule has 0 aliphatic rings. The van der Waals surface area contributed by atoms with Crippen molar-refractivity contribution in [3.8, 4) is 0 Å². The third kappa shape index (κ3) is 2.99. The van der Waals surface area contributed by atoms with Crippen molar-refractivity contribution < 1.29 is 4.79 Å². The molecule has 3 nitrogen and oxygen atoms in total. The van der Waals surface area contributed by atoms with Crippen LogP contribution in [0.3, 0.4) is 0 Å². The van der Waals surface area contributed by atoms with Crippen LogP contribution in [0.5, 0.6) is 0 Å². The first-order valence-electron chi connectivity index (χ1n) is 5.90. The van der Waals surface area contributed by atoms with Crippen LogP contribution in [0.1, 0.15) is 24.2 Å². The average Bonchev–Trinajstić information content (AvgIpc) is 2.34. The van der Waals surface area contributed by atoms with Crippen molar-refractivity contribution in [2.24, 2.45) is 5.92 Å². The molecular formula is C14H15ClN2O. The topological polar surface area (TPSA) is 42.0 Å². The first-order valence-corrected chi connectivity index (χ1v) is 6.27. The molecule has 0 aliphatic heterocycles. The van der Waals surface area contributed by atoms with E-state index in [0.717, 1.165) is 10.9 Å². The van der Waals surface area contributed by atoms with Crippen LogP contribution in [0.2, 0.25) is 5.02 Å². The van der Waals surface area contributed by atoms with Gasteiger partial charge in [-0.25, -0.2) is 0 Å². The van der Waals surface area contributed by atoms with E-state index >= 15 is 0 Å². The van der Waals surface area contributed by atoms with E-state index in [1.807, 2.05) is 18.2 Å². The second-order valence-electron chi connectivity index (χ2n) is 4.66. The number of carbonyl (C=O) groups excluding carboxylic acids is 1. The van der Waals surface area contributed by atoms with Gasteiger partial charge in [0.25, 0.3) is 5.91 Å². The van der Waals surface area contributed by atoms with Crippen LogP contribution in [0.4, 0.5) is 0 Å². The molecule has 2 rings (SSSR count). The Balaban J connectivity index is 2.26. The summed E-state index contributed by atoms with van der Waals surface area (Å²) in [6.07, 6.45) is 1.59. The molecule has 0 radical (unpaired) electrons. The molecule has 0 atom stereocenters. The Hall–Kier alpha value is -1.61. The number of hydrogen-bond acceptors (Lipinski definition) is 2. The number of pyridine rings is 1. The first-order chi connectivity index (χ1) is 8.56. The maximum Gasteiger partial charge on any atom is 0.252 e. The van der Waals surface area contributed by atoms with Crippen molar-refractivity contribution in [3.05, 3.63) is 41.0 Å². The van der Waals surface area contributed by atoms with Crippen molar-refractivity contribution in [1.82, 2.24) is 10.3 Å². The first kappa shape index (κ1) is 12.8. The highest BCUT2D eigenvalue weighted by Gasteiger charge is 2.07. The average molecular weight is 263 g/mol. The predicted molar refractivity (Wildman–Crippen MR) is 73.9 cm³/mol. The molecule has 1 N–H and O–H groups in total. The van der Waals surface area contributed by atoms with Crippen LogP contribution in [-0.4, -0.2) is 17.4 Å². The summed E-state index contributed by atoms with van der Waals surface area (Å²) in [7, 11) is 0. The molecule has 0 fully saturated rings. The van der Waals surface area contributed by atoms with Crippen LogP contribution < -0.4 is 5.32 Å². The fraction of sp³-hybridized carbons (Fsp3) is 0.286. The van der Waals surface area contributed by atoms with Crippen molar-refractivity contribution in [1.29, 1.82) is 0 Å². The van der Waals surface area contributed by atoms with Gasteiger partial charge in [-0.2, -0.15) is 0 Å². The predicted octanol–water partition coefficient (Wildman–Crippen LogP) is 3.27. The Kier molecular flexibility index (Phi) is 3.82. The summed E-state index contributed by atoms with van der Waals surface area (Å²) in [4.78, 5) is 16.1. The van der Waals surface area contributed by atoms with Crippen LogP contribution in [0.25, 0.3) is 10.9 Å². The number of rotatable bonds is 3. The SMILES string of the molecule is CC(C)CNC(=O)c1cnc2ccc(Cl)cc2c1. The summed E-state index contributed by atoms with van der Waals surface area (Å²) < 4.78 is 0. The van der Waals surface area contributed by atoms with Crippen molar-refractivity contribution >= 4 is 28.4 Å². The number of benzene rings is 1. The molecule has 1 aromatic carbocycles. The highest BCUT2D eigenvalue weighted by molar-refractivity contribution is 6.31. The molecule has 0 saturated carbocycles. The molecule has 1 amide bonds. The van der Waals surface area contributed by atoms with Gasteiger partial charge in [-0.15, -0.1) is 0 Å². The van der Waals surface area contributed by atoms with Crippen molar-refractivity contribution in [2.45, 2.75) is 13.8 Å². The minimum Gasteiger partial charge on any atom is -0.352 e. The number of nitrogens with zero attached hydrogens (tertiary/aromatic N) is 1. The highest BCUT2D eigenvalue weighted by atomic mass is 35.5. The van der Waals surface area contributed by atoms with E-state index < -0.39 is 0 Å². The van der Waals surface area contributed by atoms with Gasteiger partial charge in [0.1, 0.15) is 0 Å². The molecule has 0 bridgehead atoms. The summed E-state index contributed by atoms with van der Waals surface area (Å²) >= 11 is 5.92.